The van der Waals surface area contributed by atoms with Crippen molar-refractivity contribution in [2.75, 3.05) is 19.0 Å². The summed E-state index contributed by atoms with van der Waals surface area (Å²) in [7, 11) is 4.13. The van der Waals surface area contributed by atoms with Gasteiger partial charge in [-0.25, -0.2) is 0 Å². The fourth-order valence-electron chi connectivity index (χ4n) is 1.40. The van der Waals surface area contributed by atoms with E-state index in [1.807, 2.05) is 6.92 Å². The fraction of sp³-hybridized carbons (Fsp3) is 0.467. The van der Waals surface area contributed by atoms with Crippen molar-refractivity contribution in [3.63, 3.8) is 0 Å². The van der Waals surface area contributed by atoms with Crippen LogP contribution in [0, 0.1) is 5.92 Å². The van der Waals surface area contributed by atoms with Gasteiger partial charge >= 0.3 is 0 Å². The predicted octanol–water partition coefficient (Wildman–Crippen LogP) is 4.14. The molecule has 1 heteroatoms. The lowest BCUT2D eigenvalue weighted by Crippen LogP contribution is -2.08. The second kappa shape index (κ2) is 7.98. The van der Waals surface area contributed by atoms with E-state index in [0.717, 1.165) is 5.92 Å². The van der Waals surface area contributed by atoms with Crippen LogP contribution in [0.25, 0.3) is 0 Å². The quantitative estimate of drug-likeness (QED) is 0.690. The minimum absolute atomic E-state index is 0.741. The first-order valence-corrected chi connectivity index (χ1v) is 5.84. The minimum atomic E-state index is 0.741. The Morgan fingerprint density at radius 1 is 1.19 bits per heavy atom. The number of allylic oxidation sites excluding steroid dienone is 1. The molecule has 0 radical (unpaired) electrons. The Labute approximate surface area is 101 Å². The van der Waals surface area contributed by atoms with Crippen molar-refractivity contribution >= 4 is 5.69 Å². The highest BCUT2D eigenvalue weighted by Gasteiger charge is 1.98. The van der Waals surface area contributed by atoms with Crippen molar-refractivity contribution in [1.82, 2.24) is 0 Å². The smallest absolute Gasteiger partial charge is 0.0361 e. The summed E-state index contributed by atoms with van der Waals surface area (Å²) in [5, 5.41) is 0. The molecule has 0 fully saturated rings. The Morgan fingerprint density at radius 2 is 1.62 bits per heavy atom. The number of hydrogen-bond acceptors (Lipinski definition) is 1. The summed E-state index contributed by atoms with van der Waals surface area (Å²) >= 11 is 0. The molecule has 0 N–H and O–H groups in total. The molecule has 0 aliphatic heterocycles. The molecule has 1 nitrogen and oxygen atoms in total. The molecule has 1 aromatic rings. The SMILES string of the molecule is C=CC.CC(C)Cc1ccc(N(C)C)cc1. The van der Waals surface area contributed by atoms with Crippen LogP contribution in [-0.4, -0.2) is 14.1 Å². The summed E-state index contributed by atoms with van der Waals surface area (Å²) < 4.78 is 0. The molecule has 1 rings (SSSR count). The maximum absolute atomic E-state index is 3.36. The van der Waals surface area contributed by atoms with E-state index in [2.05, 4.69) is 63.7 Å². The molecule has 16 heavy (non-hydrogen) atoms. The van der Waals surface area contributed by atoms with Gasteiger partial charge in [0.15, 0.2) is 0 Å². The van der Waals surface area contributed by atoms with Gasteiger partial charge in [0.2, 0.25) is 0 Å². The zero-order valence-electron chi connectivity index (χ0n) is 11.3. The third-order valence-electron chi connectivity index (χ3n) is 2.10. The minimum Gasteiger partial charge on any atom is -0.378 e. The van der Waals surface area contributed by atoms with E-state index >= 15 is 0 Å². The lowest BCUT2D eigenvalue weighted by atomic mass is 10.0. The first kappa shape index (κ1) is 14.8. The molecule has 0 saturated heterocycles. The first-order chi connectivity index (χ1) is 7.51. The van der Waals surface area contributed by atoms with Crippen molar-refractivity contribution in [3.05, 3.63) is 42.5 Å². The maximum Gasteiger partial charge on any atom is 0.0361 e. The molecule has 0 spiro atoms. The largest absolute Gasteiger partial charge is 0.378 e. The van der Waals surface area contributed by atoms with E-state index in [1.165, 1.54) is 17.7 Å². The first-order valence-electron chi connectivity index (χ1n) is 5.84. The summed E-state index contributed by atoms with van der Waals surface area (Å²) in [4.78, 5) is 2.12. The third-order valence-corrected chi connectivity index (χ3v) is 2.10. The molecular weight excluding hydrogens is 194 g/mol. The van der Waals surface area contributed by atoms with Gasteiger partial charge in [-0.15, -0.1) is 6.58 Å². The number of hydrogen-bond donors (Lipinski definition) is 0. The van der Waals surface area contributed by atoms with E-state index < -0.39 is 0 Å². The monoisotopic (exact) mass is 219 g/mol. The highest BCUT2D eigenvalue weighted by Crippen LogP contribution is 2.14. The number of rotatable bonds is 3. The molecule has 90 valence electrons. The summed E-state index contributed by atoms with van der Waals surface area (Å²) in [6, 6.07) is 8.79. The lowest BCUT2D eigenvalue weighted by molar-refractivity contribution is 0.647. The van der Waals surface area contributed by atoms with E-state index in [0.29, 0.717) is 0 Å². The van der Waals surface area contributed by atoms with Gasteiger partial charge in [-0.05, 0) is 37.0 Å². The molecule has 0 bridgehead atoms. The van der Waals surface area contributed by atoms with Gasteiger partial charge in [0.05, 0.1) is 0 Å². The number of anilines is 1. The average Bonchev–Trinajstić information content (AvgIpc) is 2.18. The molecule has 0 amide bonds. The van der Waals surface area contributed by atoms with Crippen molar-refractivity contribution in [3.8, 4) is 0 Å². The van der Waals surface area contributed by atoms with Gasteiger partial charge in [-0.1, -0.05) is 32.1 Å². The van der Waals surface area contributed by atoms with Crippen LogP contribution >= 0.6 is 0 Å². The molecule has 0 aliphatic carbocycles. The van der Waals surface area contributed by atoms with Crippen molar-refractivity contribution < 1.29 is 0 Å². The molecule has 1 aromatic carbocycles. The molecule has 0 saturated carbocycles. The fourth-order valence-corrected chi connectivity index (χ4v) is 1.40. The molecular formula is C15H25N. The molecule has 0 aliphatic rings. The van der Waals surface area contributed by atoms with Crippen LogP contribution in [-0.2, 0) is 6.42 Å². The third kappa shape index (κ3) is 6.28. The van der Waals surface area contributed by atoms with Crippen molar-refractivity contribution in [1.29, 1.82) is 0 Å². The predicted molar refractivity (Wildman–Crippen MR) is 75.2 cm³/mol. The summed E-state index contributed by atoms with van der Waals surface area (Å²) in [6.07, 6.45) is 2.92. The Kier molecular flexibility index (Phi) is 7.36. The molecule has 0 aromatic heterocycles. The summed E-state index contributed by atoms with van der Waals surface area (Å²) in [6.45, 7) is 9.75. The van der Waals surface area contributed by atoms with Crippen LogP contribution in [0.3, 0.4) is 0 Å². The van der Waals surface area contributed by atoms with Gasteiger partial charge in [-0.2, -0.15) is 0 Å². The van der Waals surface area contributed by atoms with Crippen LogP contribution in [0.4, 0.5) is 5.69 Å². The molecule has 0 unspecified atom stereocenters. The second-order valence-electron chi connectivity index (χ2n) is 4.57. The van der Waals surface area contributed by atoms with Crippen molar-refractivity contribution in [2.45, 2.75) is 27.2 Å². The van der Waals surface area contributed by atoms with Crippen LogP contribution in [0.15, 0.2) is 36.9 Å². The molecule has 0 heterocycles. The van der Waals surface area contributed by atoms with Gasteiger partial charge in [-0.3, -0.25) is 0 Å². The van der Waals surface area contributed by atoms with E-state index in [1.54, 1.807) is 6.08 Å². The normalized spacial score (nSPS) is 9.38. The van der Waals surface area contributed by atoms with Gasteiger partial charge in [0.25, 0.3) is 0 Å². The average molecular weight is 219 g/mol. The Hall–Kier alpha value is -1.24. The Morgan fingerprint density at radius 3 is 1.94 bits per heavy atom. The Balaban J connectivity index is 0.000000673. The van der Waals surface area contributed by atoms with Crippen LogP contribution in [0.5, 0.6) is 0 Å². The maximum atomic E-state index is 3.36. The van der Waals surface area contributed by atoms with Gasteiger partial charge in [0.1, 0.15) is 0 Å². The Bertz CT molecular complexity index is 283. The lowest BCUT2D eigenvalue weighted by Gasteiger charge is -2.13. The molecule has 0 atom stereocenters. The topological polar surface area (TPSA) is 3.24 Å². The van der Waals surface area contributed by atoms with Crippen molar-refractivity contribution in [2.24, 2.45) is 5.92 Å². The number of nitrogens with zero attached hydrogens (tertiary/aromatic N) is 1. The van der Waals surface area contributed by atoms with Gasteiger partial charge < -0.3 is 4.90 Å². The van der Waals surface area contributed by atoms with E-state index in [4.69, 9.17) is 0 Å². The highest BCUT2D eigenvalue weighted by molar-refractivity contribution is 5.45. The number of benzene rings is 1. The van der Waals surface area contributed by atoms with Crippen LogP contribution in [0.1, 0.15) is 26.3 Å². The van der Waals surface area contributed by atoms with Gasteiger partial charge in [0, 0.05) is 19.8 Å². The van der Waals surface area contributed by atoms with Crippen LogP contribution in [0.2, 0.25) is 0 Å². The summed E-state index contributed by atoms with van der Waals surface area (Å²) in [5.41, 5.74) is 2.70. The van der Waals surface area contributed by atoms with E-state index in [9.17, 15) is 0 Å². The van der Waals surface area contributed by atoms with E-state index in [-0.39, 0.29) is 0 Å². The zero-order chi connectivity index (χ0) is 12.6. The van der Waals surface area contributed by atoms with Crippen LogP contribution < -0.4 is 4.90 Å². The highest BCUT2D eigenvalue weighted by atomic mass is 15.1. The standard InChI is InChI=1S/C12H19N.C3H6/c1-10(2)9-11-5-7-12(8-6-11)13(3)4;1-3-2/h5-8,10H,9H2,1-4H3;3H,1H2,2H3. The summed E-state index contributed by atoms with van der Waals surface area (Å²) in [5.74, 6) is 0.741. The zero-order valence-corrected chi connectivity index (χ0v) is 11.3. The second-order valence-corrected chi connectivity index (χ2v) is 4.57.